The maximum absolute atomic E-state index is 12.9. The molecular formula is C22H29N5O4. The van der Waals surface area contributed by atoms with Crippen LogP contribution in [0.25, 0.3) is 11.0 Å². The number of carbonyl (C=O) groups is 1. The van der Waals surface area contributed by atoms with Crippen molar-refractivity contribution in [3.05, 3.63) is 28.2 Å². The fourth-order valence-corrected chi connectivity index (χ4v) is 4.90. The van der Waals surface area contributed by atoms with Gasteiger partial charge < -0.3 is 19.3 Å². The second-order valence-electron chi connectivity index (χ2n) is 8.62. The molecule has 1 amide bonds. The summed E-state index contributed by atoms with van der Waals surface area (Å²) in [5.74, 6) is 0.542. The van der Waals surface area contributed by atoms with Crippen LogP contribution in [0.1, 0.15) is 37.3 Å². The van der Waals surface area contributed by atoms with Gasteiger partial charge in [0.1, 0.15) is 5.65 Å². The zero-order valence-corrected chi connectivity index (χ0v) is 18.0. The van der Waals surface area contributed by atoms with E-state index in [1.807, 2.05) is 22.6 Å². The number of nitrogens with zero attached hydrogens (tertiary/aromatic N) is 5. The first-order valence-corrected chi connectivity index (χ1v) is 11.2. The van der Waals surface area contributed by atoms with E-state index in [0.29, 0.717) is 57.6 Å². The minimum atomic E-state index is -0.541. The Hall–Kier alpha value is -2.52. The van der Waals surface area contributed by atoms with Crippen molar-refractivity contribution in [2.75, 3.05) is 50.9 Å². The van der Waals surface area contributed by atoms with E-state index in [9.17, 15) is 9.59 Å². The lowest BCUT2D eigenvalue weighted by Gasteiger charge is -2.36. The number of amides is 1. The van der Waals surface area contributed by atoms with Gasteiger partial charge in [-0.15, -0.1) is 0 Å². The fraction of sp³-hybridized carbons (Fsp3) is 0.636. The summed E-state index contributed by atoms with van der Waals surface area (Å²) in [6.07, 6.45) is 5.56. The van der Waals surface area contributed by atoms with Crippen LogP contribution in [-0.4, -0.2) is 77.4 Å². The molecule has 5 rings (SSSR count). The summed E-state index contributed by atoms with van der Waals surface area (Å²) in [5, 5.41) is 0.907. The quantitative estimate of drug-likeness (QED) is 0.729. The van der Waals surface area contributed by atoms with Gasteiger partial charge in [0.2, 0.25) is 5.95 Å². The molecule has 1 aliphatic carbocycles. The van der Waals surface area contributed by atoms with Crippen LogP contribution >= 0.6 is 0 Å². The Morgan fingerprint density at radius 2 is 1.90 bits per heavy atom. The van der Waals surface area contributed by atoms with Gasteiger partial charge in [-0.1, -0.05) is 12.8 Å². The van der Waals surface area contributed by atoms with Crippen molar-refractivity contribution >= 4 is 22.9 Å². The highest BCUT2D eigenvalue weighted by molar-refractivity contribution is 5.82. The molecule has 0 spiro atoms. The van der Waals surface area contributed by atoms with Gasteiger partial charge in [-0.05, 0) is 25.3 Å². The van der Waals surface area contributed by atoms with E-state index in [0.717, 1.165) is 36.6 Å². The lowest BCUT2D eigenvalue weighted by atomic mass is 10.1. The second kappa shape index (κ2) is 8.55. The van der Waals surface area contributed by atoms with E-state index in [4.69, 9.17) is 14.5 Å². The summed E-state index contributed by atoms with van der Waals surface area (Å²) in [6, 6.07) is 1.88. The van der Waals surface area contributed by atoms with Crippen molar-refractivity contribution in [3.63, 3.8) is 0 Å². The van der Waals surface area contributed by atoms with Crippen LogP contribution in [0.4, 0.5) is 5.95 Å². The largest absolute Gasteiger partial charge is 0.378 e. The van der Waals surface area contributed by atoms with Crippen LogP contribution < -0.4 is 10.5 Å². The summed E-state index contributed by atoms with van der Waals surface area (Å²) in [5.41, 5.74) is 1.59. The first kappa shape index (κ1) is 20.4. The average molecular weight is 428 g/mol. The molecule has 2 saturated heterocycles. The molecule has 9 heteroatoms. The summed E-state index contributed by atoms with van der Waals surface area (Å²) in [4.78, 5) is 39.0. The maximum atomic E-state index is 12.9. The number of rotatable bonds is 3. The number of fused-ring (bicyclic) bond motifs is 1. The third kappa shape index (κ3) is 3.92. The van der Waals surface area contributed by atoms with E-state index in [-0.39, 0.29) is 17.5 Å². The van der Waals surface area contributed by atoms with Crippen molar-refractivity contribution in [2.24, 2.45) is 0 Å². The van der Waals surface area contributed by atoms with Gasteiger partial charge in [-0.3, -0.25) is 14.2 Å². The Morgan fingerprint density at radius 1 is 1.13 bits per heavy atom. The van der Waals surface area contributed by atoms with Crippen LogP contribution in [0.2, 0.25) is 0 Å². The molecule has 0 N–H and O–H groups in total. The molecule has 9 nitrogen and oxygen atoms in total. The first-order chi connectivity index (χ1) is 15.1. The number of aromatic nitrogens is 3. The number of carbonyl (C=O) groups excluding carboxylic acids is 1. The first-order valence-electron chi connectivity index (χ1n) is 11.2. The molecule has 31 heavy (non-hydrogen) atoms. The summed E-state index contributed by atoms with van der Waals surface area (Å²) < 4.78 is 13.0. The number of ether oxygens (including phenoxy) is 2. The molecule has 1 atom stereocenters. The van der Waals surface area contributed by atoms with Gasteiger partial charge in [-0.2, -0.15) is 4.98 Å². The summed E-state index contributed by atoms with van der Waals surface area (Å²) in [7, 11) is 0. The topological polar surface area (TPSA) is 89.8 Å². The Bertz CT molecular complexity index is 1030. The van der Waals surface area contributed by atoms with Crippen molar-refractivity contribution in [2.45, 2.75) is 44.8 Å². The third-order valence-corrected chi connectivity index (χ3v) is 6.62. The fourth-order valence-electron chi connectivity index (χ4n) is 4.90. The number of hydrogen-bond acceptors (Lipinski definition) is 7. The molecule has 3 fully saturated rings. The molecule has 2 aromatic heterocycles. The smallest absolute Gasteiger partial charge is 0.253 e. The van der Waals surface area contributed by atoms with Gasteiger partial charge in [0, 0.05) is 43.3 Å². The molecule has 1 unspecified atom stereocenters. The van der Waals surface area contributed by atoms with Gasteiger partial charge in [-0.25, -0.2) is 4.98 Å². The predicted octanol–water partition coefficient (Wildman–Crippen LogP) is 1.28. The standard InChI is InChI=1S/C22H29N5O4/c1-15-12-19(28)27(16-4-2-3-5-16)20-17(15)13-23-22(24-20)26-8-11-31-18(14-26)21(29)25-6-9-30-10-7-25/h12-13,16,18H,2-11,14H2,1H3. The minimum Gasteiger partial charge on any atom is -0.378 e. The molecule has 2 aromatic rings. The van der Waals surface area contributed by atoms with Gasteiger partial charge >= 0.3 is 0 Å². The zero-order chi connectivity index (χ0) is 21.4. The number of hydrogen-bond donors (Lipinski definition) is 0. The van der Waals surface area contributed by atoms with Crippen LogP contribution in [0.5, 0.6) is 0 Å². The molecule has 2 aliphatic heterocycles. The number of pyridine rings is 1. The van der Waals surface area contributed by atoms with Crippen LogP contribution in [0.15, 0.2) is 17.1 Å². The van der Waals surface area contributed by atoms with E-state index < -0.39 is 6.10 Å². The van der Waals surface area contributed by atoms with Crippen molar-refractivity contribution in [3.8, 4) is 0 Å². The molecule has 0 radical (unpaired) electrons. The molecule has 0 aromatic carbocycles. The zero-order valence-electron chi connectivity index (χ0n) is 18.0. The Kier molecular flexibility index (Phi) is 5.62. The van der Waals surface area contributed by atoms with Crippen LogP contribution in [0.3, 0.4) is 0 Å². The monoisotopic (exact) mass is 427 g/mol. The van der Waals surface area contributed by atoms with Gasteiger partial charge in [0.25, 0.3) is 11.5 Å². The maximum Gasteiger partial charge on any atom is 0.253 e. The number of morpholine rings is 2. The second-order valence-corrected chi connectivity index (χ2v) is 8.62. The van der Waals surface area contributed by atoms with E-state index in [2.05, 4.69) is 4.98 Å². The summed E-state index contributed by atoms with van der Waals surface area (Å²) >= 11 is 0. The normalized spacial score (nSPS) is 22.9. The van der Waals surface area contributed by atoms with Crippen molar-refractivity contribution in [1.29, 1.82) is 0 Å². The van der Waals surface area contributed by atoms with Gasteiger partial charge in [0.05, 0.1) is 26.4 Å². The van der Waals surface area contributed by atoms with Crippen LogP contribution in [0, 0.1) is 6.92 Å². The highest BCUT2D eigenvalue weighted by Crippen LogP contribution is 2.31. The number of aryl methyl sites for hydroxylation is 1. The van der Waals surface area contributed by atoms with Gasteiger partial charge in [0.15, 0.2) is 6.10 Å². The lowest BCUT2D eigenvalue weighted by Crippen LogP contribution is -2.53. The lowest BCUT2D eigenvalue weighted by molar-refractivity contribution is -0.148. The van der Waals surface area contributed by atoms with E-state index >= 15 is 0 Å². The average Bonchev–Trinajstić information content (AvgIpc) is 3.33. The molecule has 1 saturated carbocycles. The van der Waals surface area contributed by atoms with Crippen molar-refractivity contribution in [1.82, 2.24) is 19.4 Å². The Labute approximate surface area is 181 Å². The third-order valence-electron chi connectivity index (χ3n) is 6.62. The van der Waals surface area contributed by atoms with E-state index in [1.54, 1.807) is 11.0 Å². The van der Waals surface area contributed by atoms with Crippen molar-refractivity contribution < 1.29 is 14.3 Å². The molecule has 166 valence electrons. The van der Waals surface area contributed by atoms with E-state index in [1.165, 1.54) is 0 Å². The molecule has 3 aliphatic rings. The summed E-state index contributed by atoms with van der Waals surface area (Å²) in [6.45, 7) is 5.69. The SMILES string of the molecule is Cc1cc(=O)n(C2CCCC2)c2nc(N3CCOC(C(=O)N4CCOCC4)C3)ncc12. The predicted molar refractivity (Wildman–Crippen MR) is 115 cm³/mol. The molecule has 0 bridgehead atoms. The highest BCUT2D eigenvalue weighted by atomic mass is 16.5. The highest BCUT2D eigenvalue weighted by Gasteiger charge is 2.32. The Morgan fingerprint density at radius 3 is 2.68 bits per heavy atom. The number of anilines is 1. The van der Waals surface area contributed by atoms with Crippen LogP contribution in [-0.2, 0) is 14.3 Å². The Balaban J connectivity index is 1.45. The molecular weight excluding hydrogens is 398 g/mol. The molecule has 4 heterocycles. The minimum absolute atomic E-state index is 0.00361.